The molecule has 1 aromatic carbocycles. The monoisotopic (exact) mass is 323 g/mol. The van der Waals surface area contributed by atoms with E-state index in [0.29, 0.717) is 43.4 Å². The fraction of sp³-hybridized carbons (Fsp3) is 0.357. The van der Waals surface area contributed by atoms with Crippen LogP contribution in [0, 0.1) is 0 Å². The number of morpholine rings is 1. The van der Waals surface area contributed by atoms with Gasteiger partial charge in [-0.05, 0) is 12.1 Å². The third-order valence-corrected chi connectivity index (χ3v) is 4.98. The lowest BCUT2D eigenvalue weighted by molar-refractivity contribution is 0.0733. The standard InChI is InChI=1S/C14H17N3O4S/c1-20-13-6-5-11-3-2-4-12(14(11)15-13)16-22(18,19)17-7-9-21-10-8-17/h2-6,16H,7-10H2,1H3. The minimum atomic E-state index is -3.62. The van der Waals surface area contributed by atoms with Crippen LogP contribution < -0.4 is 9.46 Å². The first-order valence-electron chi connectivity index (χ1n) is 6.89. The molecule has 2 heterocycles. The van der Waals surface area contributed by atoms with E-state index in [-0.39, 0.29) is 0 Å². The van der Waals surface area contributed by atoms with Gasteiger partial charge in [0.25, 0.3) is 0 Å². The van der Waals surface area contributed by atoms with Crippen LogP contribution in [0.15, 0.2) is 30.3 Å². The third kappa shape index (κ3) is 2.99. The van der Waals surface area contributed by atoms with E-state index in [1.807, 2.05) is 12.1 Å². The highest BCUT2D eigenvalue weighted by Crippen LogP contribution is 2.25. The van der Waals surface area contributed by atoms with Crippen molar-refractivity contribution in [3.05, 3.63) is 30.3 Å². The van der Waals surface area contributed by atoms with Crippen LogP contribution in [0.2, 0.25) is 0 Å². The number of hydrogen-bond acceptors (Lipinski definition) is 5. The van der Waals surface area contributed by atoms with Gasteiger partial charge in [0.2, 0.25) is 5.88 Å². The molecular formula is C14H17N3O4S. The molecule has 1 N–H and O–H groups in total. The maximum Gasteiger partial charge on any atom is 0.301 e. The van der Waals surface area contributed by atoms with E-state index in [9.17, 15) is 8.42 Å². The second kappa shape index (κ2) is 6.07. The SMILES string of the molecule is COc1ccc2cccc(NS(=O)(=O)N3CCOCC3)c2n1. The van der Waals surface area contributed by atoms with Gasteiger partial charge >= 0.3 is 10.2 Å². The molecule has 118 valence electrons. The topological polar surface area (TPSA) is 80.8 Å². The Morgan fingerprint density at radius 2 is 2.00 bits per heavy atom. The number of aromatic nitrogens is 1. The van der Waals surface area contributed by atoms with Crippen LogP contribution in [-0.2, 0) is 14.9 Å². The van der Waals surface area contributed by atoms with Crippen LogP contribution in [0.3, 0.4) is 0 Å². The Kier molecular flexibility index (Phi) is 4.14. The molecule has 2 aromatic rings. The lowest BCUT2D eigenvalue weighted by Crippen LogP contribution is -2.43. The van der Waals surface area contributed by atoms with E-state index in [1.54, 1.807) is 18.2 Å². The lowest BCUT2D eigenvalue weighted by atomic mass is 10.2. The number of methoxy groups -OCH3 is 1. The average Bonchev–Trinajstić information content (AvgIpc) is 2.55. The van der Waals surface area contributed by atoms with Crippen LogP contribution in [0.1, 0.15) is 0 Å². The predicted molar refractivity (Wildman–Crippen MR) is 83.2 cm³/mol. The number of nitrogens with one attached hydrogen (secondary N) is 1. The summed E-state index contributed by atoms with van der Waals surface area (Å²) in [5.41, 5.74) is 0.988. The van der Waals surface area contributed by atoms with Crippen molar-refractivity contribution >= 4 is 26.8 Å². The first kappa shape index (κ1) is 15.0. The molecule has 1 saturated heterocycles. The number of benzene rings is 1. The van der Waals surface area contributed by atoms with E-state index < -0.39 is 10.2 Å². The highest BCUT2D eigenvalue weighted by molar-refractivity contribution is 7.90. The number of anilines is 1. The van der Waals surface area contributed by atoms with Gasteiger partial charge in [-0.15, -0.1) is 0 Å². The van der Waals surface area contributed by atoms with Crippen molar-refractivity contribution in [2.24, 2.45) is 0 Å². The Hall–Kier alpha value is -1.90. The number of hydrogen-bond donors (Lipinski definition) is 1. The predicted octanol–water partition coefficient (Wildman–Crippen LogP) is 1.23. The normalized spacial score (nSPS) is 16.6. The molecule has 0 atom stereocenters. The molecule has 0 saturated carbocycles. The van der Waals surface area contributed by atoms with Gasteiger partial charge in [-0.2, -0.15) is 12.7 Å². The molecule has 0 bridgehead atoms. The maximum atomic E-state index is 12.5. The van der Waals surface area contributed by atoms with Crippen LogP contribution in [0.25, 0.3) is 10.9 Å². The fourth-order valence-electron chi connectivity index (χ4n) is 2.32. The summed E-state index contributed by atoms with van der Waals surface area (Å²) in [4.78, 5) is 4.33. The lowest BCUT2D eigenvalue weighted by Gasteiger charge is -2.26. The number of pyridine rings is 1. The fourth-order valence-corrected chi connectivity index (χ4v) is 3.52. The van der Waals surface area contributed by atoms with Crippen molar-refractivity contribution in [2.75, 3.05) is 38.1 Å². The van der Waals surface area contributed by atoms with Crippen LogP contribution in [-0.4, -0.2) is 51.1 Å². The summed E-state index contributed by atoms with van der Waals surface area (Å²) in [6.45, 7) is 1.50. The summed E-state index contributed by atoms with van der Waals surface area (Å²) in [7, 11) is -2.10. The number of ether oxygens (including phenoxy) is 2. The van der Waals surface area contributed by atoms with Crippen molar-refractivity contribution < 1.29 is 17.9 Å². The molecule has 7 nitrogen and oxygen atoms in total. The number of rotatable bonds is 4. The number of para-hydroxylation sites is 1. The molecule has 0 aliphatic carbocycles. The van der Waals surface area contributed by atoms with Gasteiger partial charge in [-0.25, -0.2) is 4.98 Å². The Morgan fingerprint density at radius 1 is 1.23 bits per heavy atom. The second-order valence-corrected chi connectivity index (χ2v) is 6.52. The van der Waals surface area contributed by atoms with Gasteiger partial charge in [0.1, 0.15) is 0 Å². The van der Waals surface area contributed by atoms with Crippen molar-refractivity contribution in [3.63, 3.8) is 0 Å². The first-order valence-corrected chi connectivity index (χ1v) is 8.33. The Labute approximate surface area is 129 Å². The molecule has 8 heteroatoms. The van der Waals surface area contributed by atoms with Crippen LogP contribution in [0.5, 0.6) is 5.88 Å². The molecular weight excluding hydrogens is 306 g/mol. The summed E-state index contributed by atoms with van der Waals surface area (Å²) < 4.78 is 39.2. The second-order valence-electron chi connectivity index (χ2n) is 4.85. The molecule has 1 aromatic heterocycles. The molecule has 22 heavy (non-hydrogen) atoms. The van der Waals surface area contributed by atoms with Crippen molar-refractivity contribution in [3.8, 4) is 5.88 Å². The first-order chi connectivity index (χ1) is 10.6. The molecule has 0 unspecified atom stereocenters. The highest BCUT2D eigenvalue weighted by atomic mass is 32.2. The van der Waals surface area contributed by atoms with E-state index in [0.717, 1.165) is 5.39 Å². The number of fused-ring (bicyclic) bond motifs is 1. The zero-order chi connectivity index (χ0) is 15.6. The summed E-state index contributed by atoms with van der Waals surface area (Å²) >= 11 is 0. The van der Waals surface area contributed by atoms with E-state index in [4.69, 9.17) is 9.47 Å². The zero-order valence-corrected chi connectivity index (χ0v) is 13.0. The molecule has 0 spiro atoms. The van der Waals surface area contributed by atoms with Gasteiger partial charge in [-0.1, -0.05) is 12.1 Å². The van der Waals surface area contributed by atoms with Gasteiger partial charge in [0.05, 0.1) is 31.5 Å². The minimum Gasteiger partial charge on any atom is -0.481 e. The molecule has 3 rings (SSSR count). The average molecular weight is 323 g/mol. The summed E-state index contributed by atoms with van der Waals surface area (Å²) in [6, 6.07) is 8.92. The maximum absolute atomic E-state index is 12.5. The summed E-state index contributed by atoms with van der Waals surface area (Å²) in [6.07, 6.45) is 0. The van der Waals surface area contributed by atoms with Crippen LogP contribution in [0.4, 0.5) is 5.69 Å². The Bertz CT molecular complexity index is 773. The molecule has 1 aliphatic heterocycles. The van der Waals surface area contributed by atoms with Crippen molar-refractivity contribution in [1.29, 1.82) is 0 Å². The van der Waals surface area contributed by atoms with Gasteiger partial charge in [-0.3, -0.25) is 4.72 Å². The molecule has 0 radical (unpaired) electrons. The van der Waals surface area contributed by atoms with Gasteiger partial charge in [0, 0.05) is 24.5 Å². The molecule has 0 amide bonds. The number of nitrogens with zero attached hydrogens (tertiary/aromatic N) is 2. The quantitative estimate of drug-likeness (QED) is 0.915. The largest absolute Gasteiger partial charge is 0.481 e. The molecule has 1 aliphatic rings. The smallest absolute Gasteiger partial charge is 0.301 e. The van der Waals surface area contributed by atoms with Gasteiger partial charge in [0.15, 0.2) is 0 Å². The van der Waals surface area contributed by atoms with E-state index >= 15 is 0 Å². The highest BCUT2D eigenvalue weighted by Gasteiger charge is 2.24. The van der Waals surface area contributed by atoms with E-state index in [2.05, 4.69) is 9.71 Å². The Morgan fingerprint density at radius 3 is 2.73 bits per heavy atom. The zero-order valence-electron chi connectivity index (χ0n) is 12.2. The summed E-state index contributed by atoms with van der Waals surface area (Å²) in [5, 5.41) is 0.836. The van der Waals surface area contributed by atoms with Crippen LogP contribution >= 0.6 is 0 Å². The third-order valence-electron chi connectivity index (χ3n) is 3.45. The van der Waals surface area contributed by atoms with Crippen molar-refractivity contribution in [1.82, 2.24) is 9.29 Å². The van der Waals surface area contributed by atoms with E-state index in [1.165, 1.54) is 11.4 Å². The Balaban J connectivity index is 1.95. The molecule has 1 fully saturated rings. The summed E-state index contributed by atoms with van der Waals surface area (Å²) in [5.74, 6) is 0.436. The minimum absolute atomic E-state index is 0.344. The van der Waals surface area contributed by atoms with Crippen molar-refractivity contribution in [2.45, 2.75) is 0 Å². The van der Waals surface area contributed by atoms with Gasteiger partial charge < -0.3 is 9.47 Å².